The van der Waals surface area contributed by atoms with Crippen molar-refractivity contribution in [2.75, 3.05) is 20.8 Å². The van der Waals surface area contributed by atoms with Crippen molar-refractivity contribution in [3.63, 3.8) is 0 Å². The molecule has 0 aromatic rings. The normalized spacial score (nSPS) is 13.2. The highest BCUT2D eigenvalue weighted by Crippen LogP contribution is 2.15. The van der Waals surface area contributed by atoms with Crippen LogP contribution < -0.4 is 16.9 Å². The van der Waals surface area contributed by atoms with Crippen molar-refractivity contribution in [3.8, 4) is 0 Å². The van der Waals surface area contributed by atoms with Gasteiger partial charge in [-0.05, 0) is 32.0 Å². The van der Waals surface area contributed by atoms with Gasteiger partial charge in [0.15, 0.2) is 0 Å². The average Bonchev–Trinajstić information content (AvgIpc) is 2.29. The third-order valence-electron chi connectivity index (χ3n) is 2.37. The van der Waals surface area contributed by atoms with Gasteiger partial charge in [-0.3, -0.25) is 0 Å². The lowest BCUT2D eigenvalue weighted by Crippen LogP contribution is -2.38. The Balaban J connectivity index is 0. The smallest absolute Gasteiger partial charge is 0.334 e. The van der Waals surface area contributed by atoms with Gasteiger partial charge in [-0.15, -0.1) is 0 Å². The second-order valence-corrected chi connectivity index (χ2v) is 7.00. The van der Waals surface area contributed by atoms with Gasteiger partial charge in [0.2, 0.25) is 0 Å². The van der Waals surface area contributed by atoms with Crippen molar-refractivity contribution >= 4 is 19.0 Å². The minimum Gasteiger partial charge on any atom is -0.398 e. The molecule has 15 heavy (non-hydrogen) atoms. The summed E-state index contributed by atoms with van der Waals surface area (Å²) in [5.41, 5.74) is 11.2. The predicted molar refractivity (Wildman–Crippen MR) is 70.8 cm³/mol. The molecular formula is C8H27N3O2Si2. The Morgan fingerprint density at radius 3 is 2.00 bits per heavy atom. The molecule has 0 radical (unpaired) electrons. The van der Waals surface area contributed by atoms with Gasteiger partial charge in [-0.1, -0.05) is 0 Å². The molecule has 0 aliphatic carbocycles. The number of hydrogen-bond donors (Lipinski definition) is 3. The summed E-state index contributed by atoms with van der Waals surface area (Å²) in [5.74, 6) is 0. The molecule has 0 aromatic heterocycles. The molecule has 0 bridgehead atoms. The highest BCUT2D eigenvalue weighted by atomic mass is 28.4. The van der Waals surface area contributed by atoms with Crippen molar-refractivity contribution in [2.45, 2.75) is 31.5 Å². The summed E-state index contributed by atoms with van der Waals surface area (Å²) in [7, 11) is 2.29. The molecular weight excluding hydrogens is 226 g/mol. The zero-order valence-corrected chi connectivity index (χ0v) is 13.5. The first-order chi connectivity index (χ1) is 7.08. The molecule has 5 nitrogen and oxygen atoms in total. The van der Waals surface area contributed by atoms with Crippen LogP contribution in [0.4, 0.5) is 0 Å². The van der Waals surface area contributed by atoms with Gasteiger partial charge in [0, 0.05) is 20.3 Å². The van der Waals surface area contributed by atoms with Gasteiger partial charge in [0.1, 0.15) is 0 Å². The van der Waals surface area contributed by atoms with Crippen LogP contribution in [-0.2, 0) is 8.85 Å². The lowest BCUT2D eigenvalue weighted by Gasteiger charge is -2.24. The Morgan fingerprint density at radius 1 is 1.20 bits per heavy atom. The van der Waals surface area contributed by atoms with Crippen LogP contribution >= 0.6 is 0 Å². The Morgan fingerprint density at radius 2 is 1.67 bits per heavy atom. The van der Waals surface area contributed by atoms with E-state index in [1.807, 2.05) is 6.55 Å². The Hall–Kier alpha value is 0.234. The van der Waals surface area contributed by atoms with Crippen LogP contribution in [0.15, 0.2) is 0 Å². The standard InChI is InChI=1S/C8H22N2O2Si.H5NSi/c1-11-13(3,12-2)7-5-8(10)4-6-9;1-2/h8H,4-7,9-10H2,1-3H3;1H2,2H3. The summed E-state index contributed by atoms with van der Waals surface area (Å²) in [6.45, 7) is 2.70. The van der Waals surface area contributed by atoms with E-state index in [0.717, 1.165) is 29.3 Å². The lowest BCUT2D eigenvalue weighted by atomic mass is 10.2. The van der Waals surface area contributed by atoms with Crippen molar-refractivity contribution in [2.24, 2.45) is 16.9 Å². The van der Waals surface area contributed by atoms with Crippen LogP contribution in [0.1, 0.15) is 12.8 Å². The first-order valence-corrected chi connectivity index (χ1v) is 8.89. The van der Waals surface area contributed by atoms with Gasteiger partial charge < -0.3 is 25.7 Å². The molecule has 0 rings (SSSR count). The van der Waals surface area contributed by atoms with Crippen LogP contribution in [0.3, 0.4) is 0 Å². The number of nitrogens with two attached hydrogens (primary N) is 3. The summed E-state index contributed by atoms with van der Waals surface area (Å²) in [6.07, 6.45) is 1.81. The molecule has 1 atom stereocenters. The Kier molecular flexibility index (Phi) is 12.6. The van der Waals surface area contributed by atoms with E-state index >= 15 is 0 Å². The SMILES string of the molecule is CO[Si](C)(CCC(N)CCN)OC.N[SiH3]. The molecule has 0 saturated heterocycles. The average molecular weight is 253 g/mol. The summed E-state index contributed by atoms with van der Waals surface area (Å²) in [5, 5.41) is 4.64. The van der Waals surface area contributed by atoms with E-state index in [0.29, 0.717) is 6.54 Å². The molecule has 0 spiro atoms. The number of hydrogen-bond acceptors (Lipinski definition) is 5. The fraction of sp³-hybridized carbons (Fsp3) is 1.00. The van der Waals surface area contributed by atoms with E-state index in [1.165, 1.54) is 0 Å². The Labute approximate surface area is 97.4 Å². The summed E-state index contributed by atoms with van der Waals surface area (Å²) in [6, 6.07) is 1.11. The van der Waals surface area contributed by atoms with E-state index in [4.69, 9.17) is 20.3 Å². The molecule has 0 heterocycles. The summed E-state index contributed by atoms with van der Waals surface area (Å²) >= 11 is 0. The van der Waals surface area contributed by atoms with E-state index in [1.54, 1.807) is 14.2 Å². The highest BCUT2D eigenvalue weighted by Gasteiger charge is 2.28. The minimum atomic E-state index is -1.91. The first kappa shape index (κ1) is 17.6. The van der Waals surface area contributed by atoms with Crippen LogP contribution in [-0.4, -0.2) is 45.8 Å². The quantitative estimate of drug-likeness (QED) is 0.487. The topological polar surface area (TPSA) is 96.5 Å². The second kappa shape index (κ2) is 10.7. The maximum atomic E-state index is 5.83. The predicted octanol–water partition coefficient (Wildman–Crippen LogP) is -1.36. The molecule has 0 saturated carbocycles. The minimum absolute atomic E-state index is 0.183. The second-order valence-electron chi connectivity index (χ2n) is 3.42. The summed E-state index contributed by atoms with van der Waals surface area (Å²) < 4.78 is 10.7. The molecule has 6 N–H and O–H groups in total. The Bertz CT molecular complexity index is 137. The summed E-state index contributed by atoms with van der Waals surface area (Å²) in [4.78, 5) is 0. The van der Waals surface area contributed by atoms with Gasteiger partial charge in [-0.25, -0.2) is 0 Å². The van der Waals surface area contributed by atoms with E-state index in [9.17, 15) is 0 Å². The monoisotopic (exact) mass is 253 g/mol. The van der Waals surface area contributed by atoms with Crippen molar-refractivity contribution < 1.29 is 8.85 Å². The molecule has 0 fully saturated rings. The van der Waals surface area contributed by atoms with Gasteiger partial charge in [-0.2, -0.15) is 0 Å². The van der Waals surface area contributed by atoms with Crippen molar-refractivity contribution in [3.05, 3.63) is 0 Å². The molecule has 0 aromatic carbocycles. The van der Waals surface area contributed by atoms with Gasteiger partial charge >= 0.3 is 8.56 Å². The van der Waals surface area contributed by atoms with E-state index in [2.05, 4.69) is 5.40 Å². The third-order valence-corrected chi connectivity index (χ3v) is 5.29. The van der Waals surface area contributed by atoms with Crippen LogP contribution in [0.5, 0.6) is 0 Å². The highest BCUT2D eigenvalue weighted by molar-refractivity contribution is 6.65. The molecule has 0 amide bonds. The largest absolute Gasteiger partial charge is 0.398 e. The number of rotatable bonds is 7. The zero-order chi connectivity index (χ0) is 12.3. The molecule has 0 aliphatic rings. The zero-order valence-electron chi connectivity index (χ0n) is 10.5. The van der Waals surface area contributed by atoms with Crippen LogP contribution in [0.25, 0.3) is 0 Å². The molecule has 94 valence electrons. The van der Waals surface area contributed by atoms with E-state index in [-0.39, 0.29) is 6.04 Å². The van der Waals surface area contributed by atoms with Crippen molar-refractivity contribution in [1.82, 2.24) is 0 Å². The van der Waals surface area contributed by atoms with Crippen LogP contribution in [0.2, 0.25) is 12.6 Å². The fourth-order valence-corrected chi connectivity index (χ4v) is 2.56. The van der Waals surface area contributed by atoms with Gasteiger partial charge in [0.25, 0.3) is 0 Å². The first-order valence-electron chi connectivity index (χ1n) is 5.21. The molecule has 1 unspecified atom stereocenters. The maximum absolute atomic E-state index is 5.83. The van der Waals surface area contributed by atoms with Crippen LogP contribution in [0, 0.1) is 0 Å². The van der Waals surface area contributed by atoms with Gasteiger partial charge in [0.05, 0.1) is 10.4 Å². The fourth-order valence-electron chi connectivity index (χ4n) is 1.09. The van der Waals surface area contributed by atoms with E-state index < -0.39 is 8.56 Å². The third kappa shape index (κ3) is 9.18. The molecule has 0 aliphatic heterocycles. The maximum Gasteiger partial charge on any atom is 0.334 e. The van der Waals surface area contributed by atoms with Crippen molar-refractivity contribution in [1.29, 1.82) is 0 Å². The molecule has 7 heteroatoms. The lowest BCUT2D eigenvalue weighted by molar-refractivity contribution is 0.247.